The van der Waals surface area contributed by atoms with Crippen LogP contribution in [0, 0.1) is 18.3 Å². The topological polar surface area (TPSA) is 93.4 Å². The van der Waals surface area contributed by atoms with Crippen molar-refractivity contribution in [3.63, 3.8) is 0 Å². The molecule has 132 valence electrons. The maximum Gasteiger partial charge on any atom is 0.159 e. The maximum absolute atomic E-state index is 9.28. The molecule has 0 saturated carbocycles. The van der Waals surface area contributed by atoms with Crippen molar-refractivity contribution in [2.24, 2.45) is 5.73 Å². The van der Waals surface area contributed by atoms with Crippen molar-refractivity contribution in [2.45, 2.75) is 39.8 Å². The van der Waals surface area contributed by atoms with Crippen molar-refractivity contribution >= 4 is 0 Å². The number of aryl methyl sites for hydroxylation is 1. The van der Waals surface area contributed by atoms with Gasteiger partial charge in [-0.05, 0) is 36.6 Å². The number of nitriles is 1. The Balaban J connectivity index is 2.03. The molecular formula is C20H22N6. The summed E-state index contributed by atoms with van der Waals surface area (Å²) in [5.41, 5.74) is 10.1. The highest BCUT2D eigenvalue weighted by molar-refractivity contribution is 5.62. The van der Waals surface area contributed by atoms with Crippen LogP contribution in [0.4, 0.5) is 0 Å². The van der Waals surface area contributed by atoms with E-state index in [4.69, 9.17) is 5.73 Å². The highest BCUT2D eigenvalue weighted by Crippen LogP contribution is 2.24. The normalized spacial score (nSPS) is 10.9. The van der Waals surface area contributed by atoms with E-state index in [2.05, 4.69) is 45.6 Å². The van der Waals surface area contributed by atoms with Crippen LogP contribution in [0.3, 0.4) is 0 Å². The maximum atomic E-state index is 9.28. The van der Waals surface area contributed by atoms with E-state index in [1.54, 1.807) is 18.5 Å². The van der Waals surface area contributed by atoms with Crippen LogP contribution in [0.2, 0.25) is 0 Å². The molecule has 0 bridgehead atoms. The molecule has 0 radical (unpaired) electrons. The highest BCUT2D eigenvalue weighted by Gasteiger charge is 2.13. The summed E-state index contributed by atoms with van der Waals surface area (Å²) in [6.07, 6.45) is 5.55. The van der Waals surface area contributed by atoms with Crippen LogP contribution >= 0.6 is 0 Å². The standard InChI is InChI=1S/C20H22N6/c1-13(2)19-12-26(14(3)25-19)11-17-6-15(7-21)4-5-18(17)20-23-9-16(8-22)10-24-20/h4-6,9-10,12-13H,8,11,22H2,1-3H3. The molecule has 0 fully saturated rings. The van der Waals surface area contributed by atoms with Gasteiger partial charge >= 0.3 is 0 Å². The zero-order valence-electron chi connectivity index (χ0n) is 15.3. The zero-order valence-corrected chi connectivity index (χ0v) is 15.3. The number of nitrogens with two attached hydrogens (primary N) is 1. The zero-order chi connectivity index (χ0) is 18.7. The fourth-order valence-electron chi connectivity index (χ4n) is 2.77. The number of hydrogen-bond donors (Lipinski definition) is 1. The second-order valence-electron chi connectivity index (χ2n) is 6.60. The lowest BCUT2D eigenvalue weighted by Crippen LogP contribution is -2.05. The van der Waals surface area contributed by atoms with Gasteiger partial charge in [0.1, 0.15) is 5.82 Å². The van der Waals surface area contributed by atoms with Gasteiger partial charge < -0.3 is 10.3 Å². The van der Waals surface area contributed by atoms with Crippen molar-refractivity contribution in [1.82, 2.24) is 19.5 Å². The average molecular weight is 346 g/mol. The van der Waals surface area contributed by atoms with Crippen LogP contribution in [-0.4, -0.2) is 19.5 Å². The summed E-state index contributed by atoms with van der Waals surface area (Å²) >= 11 is 0. The number of aromatic nitrogens is 4. The van der Waals surface area contributed by atoms with E-state index in [1.165, 1.54) is 0 Å². The first-order valence-electron chi connectivity index (χ1n) is 8.60. The Bertz CT molecular complexity index is 947. The molecule has 0 atom stereocenters. The lowest BCUT2D eigenvalue weighted by Gasteiger charge is -2.11. The van der Waals surface area contributed by atoms with E-state index in [0.29, 0.717) is 30.4 Å². The van der Waals surface area contributed by atoms with Gasteiger partial charge in [0, 0.05) is 42.8 Å². The van der Waals surface area contributed by atoms with Gasteiger partial charge in [-0.2, -0.15) is 5.26 Å². The van der Waals surface area contributed by atoms with Gasteiger partial charge in [0.25, 0.3) is 0 Å². The fourth-order valence-corrected chi connectivity index (χ4v) is 2.77. The number of nitrogens with zero attached hydrogens (tertiary/aromatic N) is 5. The van der Waals surface area contributed by atoms with E-state index in [0.717, 1.165) is 28.2 Å². The predicted octanol–water partition coefficient (Wildman–Crippen LogP) is 3.15. The summed E-state index contributed by atoms with van der Waals surface area (Å²) in [6, 6.07) is 7.79. The number of hydrogen-bond acceptors (Lipinski definition) is 5. The molecular weight excluding hydrogens is 324 g/mol. The van der Waals surface area contributed by atoms with Crippen molar-refractivity contribution in [1.29, 1.82) is 5.26 Å². The Morgan fingerprint density at radius 3 is 2.54 bits per heavy atom. The molecule has 0 unspecified atom stereocenters. The summed E-state index contributed by atoms with van der Waals surface area (Å²) in [5.74, 6) is 1.94. The molecule has 3 rings (SSSR count). The second kappa shape index (κ2) is 7.46. The minimum absolute atomic E-state index is 0.368. The third kappa shape index (κ3) is 3.63. The molecule has 3 aromatic rings. The molecule has 0 aliphatic carbocycles. The molecule has 26 heavy (non-hydrogen) atoms. The van der Waals surface area contributed by atoms with Crippen LogP contribution in [0.15, 0.2) is 36.8 Å². The van der Waals surface area contributed by atoms with Crippen LogP contribution < -0.4 is 5.73 Å². The van der Waals surface area contributed by atoms with Crippen molar-refractivity contribution in [3.8, 4) is 17.5 Å². The minimum Gasteiger partial charge on any atom is -0.330 e. The Labute approximate surface area is 153 Å². The molecule has 0 spiro atoms. The van der Waals surface area contributed by atoms with Gasteiger partial charge in [-0.1, -0.05) is 13.8 Å². The molecule has 0 aliphatic heterocycles. The first-order chi connectivity index (χ1) is 12.5. The quantitative estimate of drug-likeness (QED) is 0.766. The molecule has 2 aromatic heterocycles. The van der Waals surface area contributed by atoms with Gasteiger partial charge in [0.2, 0.25) is 0 Å². The number of benzene rings is 1. The van der Waals surface area contributed by atoms with Gasteiger partial charge in [-0.25, -0.2) is 15.0 Å². The van der Waals surface area contributed by atoms with Crippen LogP contribution in [0.1, 0.15) is 48.0 Å². The molecule has 6 heteroatoms. The van der Waals surface area contributed by atoms with E-state index in [-0.39, 0.29) is 0 Å². The Morgan fingerprint density at radius 1 is 1.23 bits per heavy atom. The van der Waals surface area contributed by atoms with Crippen LogP contribution in [-0.2, 0) is 13.1 Å². The summed E-state index contributed by atoms with van der Waals surface area (Å²) in [6.45, 7) is 7.26. The minimum atomic E-state index is 0.368. The molecule has 6 nitrogen and oxygen atoms in total. The van der Waals surface area contributed by atoms with Gasteiger partial charge in [0.05, 0.1) is 17.3 Å². The Kier molecular flexibility index (Phi) is 5.10. The molecule has 2 heterocycles. The van der Waals surface area contributed by atoms with Gasteiger partial charge in [-0.15, -0.1) is 0 Å². The Hall–Kier alpha value is -3.04. The Morgan fingerprint density at radius 2 is 1.96 bits per heavy atom. The highest BCUT2D eigenvalue weighted by atomic mass is 15.1. The van der Waals surface area contributed by atoms with Crippen molar-refractivity contribution in [2.75, 3.05) is 0 Å². The predicted molar refractivity (Wildman–Crippen MR) is 100 cm³/mol. The number of rotatable bonds is 5. The first kappa shape index (κ1) is 17.8. The third-order valence-electron chi connectivity index (χ3n) is 4.34. The van der Waals surface area contributed by atoms with E-state index in [1.807, 2.05) is 19.1 Å². The fraction of sp³-hybridized carbons (Fsp3) is 0.300. The monoisotopic (exact) mass is 346 g/mol. The van der Waals surface area contributed by atoms with Crippen LogP contribution in [0.25, 0.3) is 11.4 Å². The molecule has 1 aromatic carbocycles. The second-order valence-corrected chi connectivity index (χ2v) is 6.60. The lowest BCUT2D eigenvalue weighted by molar-refractivity contribution is 0.761. The SMILES string of the molecule is Cc1nc(C(C)C)cn1Cc1cc(C#N)ccc1-c1ncc(CN)cn1. The van der Waals surface area contributed by atoms with Crippen molar-refractivity contribution < 1.29 is 0 Å². The van der Waals surface area contributed by atoms with Crippen molar-refractivity contribution in [3.05, 3.63) is 65.0 Å². The molecule has 2 N–H and O–H groups in total. The summed E-state index contributed by atoms with van der Waals surface area (Å²) in [7, 11) is 0. The first-order valence-corrected chi connectivity index (χ1v) is 8.60. The summed E-state index contributed by atoms with van der Waals surface area (Å²) < 4.78 is 2.10. The van der Waals surface area contributed by atoms with Gasteiger partial charge in [0.15, 0.2) is 5.82 Å². The molecule has 0 saturated heterocycles. The van der Waals surface area contributed by atoms with Crippen LogP contribution in [0.5, 0.6) is 0 Å². The van der Waals surface area contributed by atoms with Gasteiger partial charge in [-0.3, -0.25) is 0 Å². The van der Waals surface area contributed by atoms with E-state index < -0.39 is 0 Å². The smallest absolute Gasteiger partial charge is 0.159 e. The number of imidazole rings is 1. The molecule has 0 aliphatic rings. The largest absolute Gasteiger partial charge is 0.330 e. The third-order valence-corrected chi connectivity index (χ3v) is 4.34. The molecule has 0 amide bonds. The average Bonchev–Trinajstić information content (AvgIpc) is 3.02. The van der Waals surface area contributed by atoms with E-state index in [9.17, 15) is 5.26 Å². The summed E-state index contributed by atoms with van der Waals surface area (Å²) in [4.78, 5) is 13.5. The lowest BCUT2D eigenvalue weighted by atomic mass is 10.0. The van der Waals surface area contributed by atoms with E-state index >= 15 is 0 Å². The summed E-state index contributed by atoms with van der Waals surface area (Å²) in [5, 5.41) is 9.28.